The van der Waals surface area contributed by atoms with E-state index < -0.39 is 5.82 Å². The Bertz CT molecular complexity index is 447. The Labute approximate surface area is 107 Å². The van der Waals surface area contributed by atoms with E-state index in [2.05, 4.69) is 6.92 Å². The van der Waals surface area contributed by atoms with Gasteiger partial charge in [-0.15, -0.1) is 0 Å². The summed E-state index contributed by atoms with van der Waals surface area (Å²) in [5, 5.41) is 0. The molecule has 1 aliphatic heterocycles. The van der Waals surface area contributed by atoms with Crippen LogP contribution < -0.4 is 5.73 Å². The molecule has 3 nitrogen and oxygen atoms in total. The van der Waals surface area contributed by atoms with Crippen molar-refractivity contribution in [3.63, 3.8) is 0 Å². The lowest BCUT2D eigenvalue weighted by Crippen LogP contribution is -2.43. The molecule has 98 valence electrons. The van der Waals surface area contributed by atoms with Gasteiger partial charge in [0.2, 0.25) is 0 Å². The Morgan fingerprint density at radius 2 is 2.28 bits per heavy atom. The molecular weight excluding hydrogens is 231 g/mol. The first-order valence-corrected chi connectivity index (χ1v) is 6.50. The number of anilines is 1. The van der Waals surface area contributed by atoms with Gasteiger partial charge in [0.05, 0.1) is 11.3 Å². The normalized spacial score (nSPS) is 19.9. The number of nitrogens with zero attached hydrogens (tertiary/aromatic N) is 1. The highest BCUT2D eigenvalue weighted by molar-refractivity contribution is 5.99. The predicted molar refractivity (Wildman–Crippen MR) is 69.8 cm³/mol. The fourth-order valence-electron chi connectivity index (χ4n) is 2.57. The lowest BCUT2D eigenvalue weighted by Gasteiger charge is -2.35. The van der Waals surface area contributed by atoms with Gasteiger partial charge in [0.25, 0.3) is 5.91 Å². The maximum Gasteiger partial charge on any atom is 0.256 e. The number of rotatable bonds is 2. The number of amides is 1. The van der Waals surface area contributed by atoms with Crippen LogP contribution in [0.3, 0.4) is 0 Å². The van der Waals surface area contributed by atoms with E-state index in [9.17, 15) is 9.18 Å². The van der Waals surface area contributed by atoms with E-state index in [4.69, 9.17) is 5.73 Å². The topological polar surface area (TPSA) is 46.3 Å². The molecule has 0 aromatic heterocycles. The highest BCUT2D eigenvalue weighted by atomic mass is 19.1. The van der Waals surface area contributed by atoms with Gasteiger partial charge in [0.15, 0.2) is 0 Å². The highest BCUT2D eigenvalue weighted by Gasteiger charge is 2.27. The minimum atomic E-state index is -0.522. The summed E-state index contributed by atoms with van der Waals surface area (Å²) >= 11 is 0. The summed E-state index contributed by atoms with van der Waals surface area (Å²) in [4.78, 5) is 14.3. The third-order valence-corrected chi connectivity index (χ3v) is 3.64. The van der Waals surface area contributed by atoms with Gasteiger partial charge in [-0.1, -0.05) is 13.0 Å². The summed E-state index contributed by atoms with van der Waals surface area (Å²) in [5.41, 5.74) is 5.90. The Kier molecular flexibility index (Phi) is 3.84. The number of para-hydroxylation sites is 1. The second-order valence-electron chi connectivity index (χ2n) is 4.76. The van der Waals surface area contributed by atoms with Crippen molar-refractivity contribution < 1.29 is 9.18 Å². The first-order valence-electron chi connectivity index (χ1n) is 6.50. The number of hydrogen-bond donors (Lipinski definition) is 1. The maximum atomic E-state index is 13.4. The first-order chi connectivity index (χ1) is 8.65. The molecule has 2 rings (SSSR count). The molecule has 1 unspecified atom stereocenters. The number of piperidine rings is 1. The quantitative estimate of drug-likeness (QED) is 0.820. The van der Waals surface area contributed by atoms with Gasteiger partial charge in [-0.25, -0.2) is 4.39 Å². The number of hydrogen-bond acceptors (Lipinski definition) is 2. The van der Waals surface area contributed by atoms with Crippen LogP contribution in [0.5, 0.6) is 0 Å². The third-order valence-electron chi connectivity index (χ3n) is 3.64. The largest absolute Gasteiger partial charge is 0.396 e. The number of carbonyl (C=O) groups is 1. The van der Waals surface area contributed by atoms with Gasteiger partial charge in [0.1, 0.15) is 5.82 Å². The summed E-state index contributed by atoms with van der Waals surface area (Å²) in [6, 6.07) is 4.67. The molecule has 0 aliphatic carbocycles. The van der Waals surface area contributed by atoms with Crippen LogP contribution in [0.4, 0.5) is 10.1 Å². The lowest BCUT2D eigenvalue weighted by atomic mass is 9.98. The molecule has 1 fully saturated rings. The number of benzene rings is 1. The molecule has 0 saturated carbocycles. The molecule has 0 bridgehead atoms. The van der Waals surface area contributed by atoms with Gasteiger partial charge < -0.3 is 10.6 Å². The molecule has 1 atom stereocenters. The molecule has 4 heteroatoms. The van der Waals surface area contributed by atoms with Crippen molar-refractivity contribution in [1.82, 2.24) is 4.90 Å². The lowest BCUT2D eigenvalue weighted by molar-refractivity contribution is 0.0609. The predicted octanol–water partition coefficient (Wildman–Crippen LogP) is 2.81. The van der Waals surface area contributed by atoms with Gasteiger partial charge in [-0.3, -0.25) is 4.79 Å². The van der Waals surface area contributed by atoms with Crippen molar-refractivity contribution in [1.29, 1.82) is 0 Å². The van der Waals surface area contributed by atoms with E-state index >= 15 is 0 Å². The van der Waals surface area contributed by atoms with Crippen LogP contribution >= 0.6 is 0 Å². The van der Waals surface area contributed by atoms with E-state index in [1.165, 1.54) is 12.1 Å². The number of nitrogen functional groups attached to an aromatic ring is 1. The molecule has 2 N–H and O–H groups in total. The van der Waals surface area contributed by atoms with E-state index in [-0.39, 0.29) is 23.2 Å². The molecule has 1 amide bonds. The zero-order chi connectivity index (χ0) is 13.1. The van der Waals surface area contributed by atoms with E-state index in [0.29, 0.717) is 0 Å². The molecule has 0 spiro atoms. The van der Waals surface area contributed by atoms with Gasteiger partial charge >= 0.3 is 0 Å². The molecule has 1 heterocycles. The van der Waals surface area contributed by atoms with Gasteiger partial charge in [0, 0.05) is 12.6 Å². The minimum Gasteiger partial charge on any atom is -0.396 e. The zero-order valence-corrected chi connectivity index (χ0v) is 10.7. The van der Waals surface area contributed by atoms with Crippen LogP contribution in [-0.4, -0.2) is 23.4 Å². The molecule has 1 saturated heterocycles. The number of likely N-dealkylation sites (tertiary alicyclic amines) is 1. The average molecular weight is 250 g/mol. The summed E-state index contributed by atoms with van der Waals surface area (Å²) in [7, 11) is 0. The van der Waals surface area contributed by atoms with Crippen molar-refractivity contribution >= 4 is 11.6 Å². The monoisotopic (exact) mass is 250 g/mol. The molecule has 1 aromatic rings. The summed E-state index contributed by atoms with van der Waals surface area (Å²) in [6.07, 6.45) is 4.12. The van der Waals surface area contributed by atoms with Crippen LogP contribution in [0.15, 0.2) is 18.2 Å². The molecule has 1 aromatic carbocycles. The maximum absolute atomic E-state index is 13.4. The van der Waals surface area contributed by atoms with E-state index in [1.54, 1.807) is 6.07 Å². The first kappa shape index (κ1) is 12.9. The van der Waals surface area contributed by atoms with Gasteiger partial charge in [-0.2, -0.15) is 0 Å². The smallest absolute Gasteiger partial charge is 0.256 e. The van der Waals surface area contributed by atoms with Gasteiger partial charge in [-0.05, 0) is 37.8 Å². The average Bonchev–Trinajstić information content (AvgIpc) is 2.41. The minimum absolute atomic E-state index is 0.0390. The standard InChI is InChI=1S/C14H19FN2O/c1-2-10-6-3-4-9-17(10)14(18)11-7-5-8-12(15)13(11)16/h5,7-8,10H,2-4,6,9,16H2,1H3. The Balaban J connectivity index is 2.27. The number of carbonyl (C=O) groups excluding carboxylic acids is 1. The van der Waals surface area contributed by atoms with Crippen molar-refractivity contribution in [3.05, 3.63) is 29.6 Å². The number of nitrogens with two attached hydrogens (primary N) is 1. The van der Waals surface area contributed by atoms with Crippen LogP contribution in [0.25, 0.3) is 0 Å². The molecular formula is C14H19FN2O. The van der Waals surface area contributed by atoms with Crippen molar-refractivity contribution in [2.24, 2.45) is 0 Å². The molecule has 0 radical (unpaired) electrons. The van der Waals surface area contributed by atoms with Crippen molar-refractivity contribution in [3.8, 4) is 0 Å². The van der Waals surface area contributed by atoms with Crippen LogP contribution in [0.2, 0.25) is 0 Å². The zero-order valence-electron chi connectivity index (χ0n) is 10.7. The second-order valence-corrected chi connectivity index (χ2v) is 4.76. The Hall–Kier alpha value is -1.58. The SMILES string of the molecule is CCC1CCCCN1C(=O)c1cccc(F)c1N. The highest BCUT2D eigenvalue weighted by Crippen LogP contribution is 2.24. The fraction of sp³-hybridized carbons (Fsp3) is 0.500. The van der Waals surface area contributed by atoms with E-state index in [1.807, 2.05) is 4.90 Å². The van der Waals surface area contributed by atoms with Crippen LogP contribution in [0, 0.1) is 5.82 Å². The summed E-state index contributed by atoms with van der Waals surface area (Å²) in [5.74, 6) is -0.663. The van der Waals surface area contributed by atoms with Crippen LogP contribution in [-0.2, 0) is 0 Å². The molecule has 1 aliphatic rings. The van der Waals surface area contributed by atoms with Crippen molar-refractivity contribution in [2.45, 2.75) is 38.6 Å². The summed E-state index contributed by atoms with van der Waals surface area (Å²) in [6.45, 7) is 2.82. The fourth-order valence-corrected chi connectivity index (χ4v) is 2.57. The molecule has 18 heavy (non-hydrogen) atoms. The Morgan fingerprint density at radius 1 is 1.50 bits per heavy atom. The van der Waals surface area contributed by atoms with Crippen LogP contribution in [0.1, 0.15) is 43.0 Å². The second kappa shape index (κ2) is 5.38. The number of halogens is 1. The summed E-state index contributed by atoms with van der Waals surface area (Å²) < 4.78 is 13.4. The Morgan fingerprint density at radius 3 is 3.00 bits per heavy atom. The van der Waals surface area contributed by atoms with E-state index in [0.717, 1.165) is 32.2 Å². The third kappa shape index (κ3) is 2.33. The van der Waals surface area contributed by atoms with Crippen molar-refractivity contribution in [2.75, 3.05) is 12.3 Å².